The monoisotopic (exact) mass is 260 g/mol. The van der Waals surface area contributed by atoms with Gasteiger partial charge in [0.25, 0.3) is 0 Å². The van der Waals surface area contributed by atoms with Crippen LogP contribution in [0.1, 0.15) is 37.3 Å². The second kappa shape index (κ2) is 6.71. The van der Waals surface area contributed by atoms with Crippen LogP contribution in [0.25, 0.3) is 0 Å². The van der Waals surface area contributed by atoms with E-state index in [1.165, 1.54) is 11.1 Å². The molecular weight excluding hydrogens is 236 g/mol. The first kappa shape index (κ1) is 14.1. The lowest BCUT2D eigenvalue weighted by Gasteiger charge is -2.27. The van der Waals surface area contributed by atoms with Gasteiger partial charge in [-0.2, -0.15) is 0 Å². The molecule has 104 valence electrons. The Balaban J connectivity index is 1.70. The van der Waals surface area contributed by atoms with Gasteiger partial charge in [0.1, 0.15) is 0 Å². The average Bonchev–Trinajstić information content (AvgIpc) is 2.35. The van der Waals surface area contributed by atoms with Gasteiger partial charge in [0.05, 0.1) is 0 Å². The Bertz CT molecular complexity index is 407. The highest BCUT2D eigenvalue weighted by Crippen LogP contribution is 2.15. The summed E-state index contributed by atoms with van der Waals surface area (Å²) < 4.78 is 0. The van der Waals surface area contributed by atoms with Gasteiger partial charge >= 0.3 is 0 Å². The molecule has 1 fully saturated rings. The molecular formula is C16H24N2O. The molecule has 0 aliphatic carbocycles. The Labute approximate surface area is 115 Å². The van der Waals surface area contributed by atoms with Crippen molar-refractivity contribution in [3.05, 3.63) is 35.4 Å². The fraction of sp³-hybridized carbons (Fsp3) is 0.562. The number of hydrogen-bond donors (Lipinski definition) is 2. The largest absolute Gasteiger partial charge is 0.356 e. The highest BCUT2D eigenvalue weighted by Gasteiger charge is 2.16. The van der Waals surface area contributed by atoms with Crippen molar-refractivity contribution < 1.29 is 4.79 Å². The number of carbonyl (C=O) groups is 1. The fourth-order valence-electron chi connectivity index (χ4n) is 2.17. The van der Waals surface area contributed by atoms with Crippen LogP contribution in [0.4, 0.5) is 0 Å². The molecule has 0 saturated carbocycles. The third kappa shape index (κ3) is 4.35. The molecule has 3 heteroatoms. The molecule has 1 saturated heterocycles. The Morgan fingerprint density at radius 2 is 2.00 bits per heavy atom. The summed E-state index contributed by atoms with van der Waals surface area (Å²) in [6.07, 6.45) is 1.41. The maximum atomic E-state index is 11.7. The van der Waals surface area contributed by atoms with Gasteiger partial charge in [0.2, 0.25) is 5.91 Å². The highest BCUT2D eigenvalue weighted by molar-refractivity contribution is 5.76. The topological polar surface area (TPSA) is 41.1 Å². The SMILES string of the molecule is CC(C)c1ccc(CCC(=O)NCC2CNC2)cc1. The van der Waals surface area contributed by atoms with E-state index in [0.717, 1.165) is 26.1 Å². The molecule has 0 spiro atoms. The molecule has 1 aliphatic rings. The van der Waals surface area contributed by atoms with Crippen molar-refractivity contribution in [1.29, 1.82) is 0 Å². The summed E-state index contributed by atoms with van der Waals surface area (Å²) in [7, 11) is 0. The molecule has 1 aromatic rings. The van der Waals surface area contributed by atoms with Crippen molar-refractivity contribution in [1.82, 2.24) is 10.6 Å². The number of carbonyl (C=O) groups excluding carboxylic acids is 1. The van der Waals surface area contributed by atoms with E-state index >= 15 is 0 Å². The van der Waals surface area contributed by atoms with Crippen molar-refractivity contribution in [3.63, 3.8) is 0 Å². The third-order valence-corrected chi connectivity index (χ3v) is 3.74. The standard InChI is InChI=1S/C16H24N2O/c1-12(2)15-6-3-13(4-7-15)5-8-16(19)18-11-14-9-17-10-14/h3-4,6-7,12,14,17H,5,8-11H2,1-2H3,(H,18,19). The van der Waals surface area contributed by atoms with Crippen LogP contribution in [-0.4, -0.2) is 25.5 Å². The van der Waals surface area contributed by atoms with Gasteiger partial charge in [-0.05, 0) is 23.5 Å². The van der Waals surface area contributed by atoms with Crippen molar-refractivity contribution in [3.8, 4) is 0 Å². The van der Waals surface area contributed by atoms with Gasteiger partial charge in [-0.25, -0.2) is 0 Å². The highest BCUT2D eigenvalue weighted by atomic mass is 16.1. The van der Waals surface area contributed by atoms with Crippen LogP contribution in [0.2, 0.25) is 0 Å². The van der Waals surface area contributed by atoms with E-state index in [1.807, 2.05) is 0 Å². The van der Waals surface area contributed by atoms with E-state index in [2.05, 4.69) is 48.7 Å². The first-order chi connectivity index (χ1) is 9.15. The fourth-order valence-corrected chi connectivity index (χ4v) is 2.17. The molecule has 1 heterocycles. The molecule has 1 aliphatic heterocycles. The summed E-state index contributed by atoms with van der Waals surface area (Å²) in [6.45, 7) is 7.28. The van der Waals surface area contributed by atoms with Crippen LogP contribution in [0, 0.1) is 5.92 Å². The smallest absolute Gasteiger partial charge is 0.220 e. The van der Waals surface area contributed by atoms with E-state index < -0.39 is 0 Å². The summed E-state index contributed by atoms with van der Waals surface area (Å²) >= 11 is 0. The molecule has 0 unspecified atom stereocenters. The van der Waals surface area contributed by atoms with Crippen molar-refractivity contribution in [2.45, 2.75) is 32.6 Å². The lowest BCUT2D eigenvalue weighted by molar-refractivity contribution is -0.121. The molecule has 2 N–H and O–H groups in total. The van der Waals surface area contributed by atoms with E-state index in [9.17, 15) is 4.79 Å². The molecule has 3 nitrogen and oxygen atoms in total. The molecule has 2 rings (SSSR count). The molecule has 1 aromatic carbocycles. The number of rotatable bonds is 6. The maximum absolute atomic E-state index is 11.7. The summed E-state index contributed by atoms with van der Waals surface area (Å²) in [6, 6.07) is 8.60. The van der Waals surface area contributed by atoms with Crippen LogP contribution in [0.15, 0.2) is 24.3 Å². The van der Waals surface area contributed by atoms with Crippen molar-refractivity contribution in [2.24, 2.45) is 5.92 Å². The van der Waals surface area contributed by atoms with E-state index in [4.69, 9.17) is 0 Å². The Morgan fingerprint density at radius 3 is 2.53 bits per heavy atom. The second-order valence-electron chi connectivity index (χ2n) is 5.72. The van der Waals surface area contributed by atoms with Crippen LogP contribution in [0.5, 0.6) is 0 Å². The summed E-state index contributed by atoms with van der Waals surface area (Å²) in [5.74, 6) is 1.36. The average molecular weight is 260 g/mol. The molecule has 0 bridgehead atoms. The van der Waals surface area contributed by atoms with Gasteiger partial charge in [-0.15, -0.1) is 0 Å². The van der Waals surface area contributed by atoms with Crippen LogP contribution < -0.4 is 10.6 Å². The van der Waals surface area contributed by atoms with Gasteiger partial charge in [-0.1, -0.05) is 38.1 Å². The minimum absolute atomic E-state index is 0.167. The normalized spacial score (nSPS) is 15.3. The Morgan fingerprint density at radius 1 is 1.32 bits per heavy atom. The number of amides is 1. The number of hydrogen-bond acceptors (Lipinski definition) is 2. The maximum Gasteiger partial charge on any atom is 0.220 e. The first-order valence-corrected chi connectivity index (χ1v) is 7.21. The molecule has 0 radical (unpaired) electrons. The van der Waals surface area contributed by atoms with Gasteiger partial charge in [-0.3, -0.25) is 4.79 Å². The van der Waals surface area contributed by atoms with E-state index in [1.54, 1.807) is 0 Å². The quantitative estimate of drug-likeness (QED) is 0.822. The summed E-state index contributed by atoms with van der Waals surface area (Å²) in [5.41, 5.74) is 2.59. The predicted octanol–water partition coefficient (Wildman–Crippen LogP) is 2.08. The van der Waals surface area contributed by atoms with Crippen molar-refractivity contribution in [2.75, 3.05) is 19.6 Å². The second-order valence-corrected chi connectivity index (χ2v) is 5.72. The zero-order chi connectivity index (χ0) is 13.7. The minimum Gasteiger partial charge on any atom is -0.356 e. The molecule has 1 amide bonds. The van der Waals surface area contributed by atoms with E-state index in [-0.39, 0.29) is 5.91 Å². The molecule has 19 heavy (non-hydrogen) atoms. The first-order valence-electron chi connectivity index (χ1n) is 7.21. The number of aryl methyl sites for hydroxylation is 1. The Kier molecular flexibility index (Phi) is 4.97. The minimum atomic E-state index is 0.167. The summed E-state index contributed by atoms with van der Waals surface area (Å²) in [4.78, 5) is 11.7. The molecule has 0 aromatic heterocycles. The lowest BCUT2D eigenvalue weighted by Crippen LogP contribution is -2.48. The van der Waals surface area contributed by atoms with E-state index in [0.29, 0.717) is 18.3 Å². The third-order valence-electron chi connectivity index (χ3n) is 3.74. The number of nitrogens with one attached hydrogen (secondary N) is 2. The van der Waals surface area contributed by atoms with Gasteiger partial charge < -0.3 is 10.6 Å². The lowest BCUT2D eigenvalue weighted by atomic mass is 10.00. The van der Waals surface area contributed by atoms with Gasteiger partial charge in [0, 0.05) is 32.0 Å². The zero-order valence-corrected chi connectivity index (χ0v) is 11.9. The molecule has 0 atom stereocenters. The summed E-state index contributed by atoms with van der Waals surface area (Å²) in [5, 5.41) is 6.21. The van der Waals surface area contributed by atoms with Crippen molar-refractivity contribution >= 4 is 5.91 Å². The van der Waals surface area contributed by atoms with Crippen LogP contribution >= 0.6 is 0 Å². The van der Waals surface area contributed by atoms with Gasteiger partial charge in [0.15, 0.2) is 0 Å². The van der Waals surface area contributed by atoms with Crippen LogP contribution in [-0.2, 0) is 11.2 Å². The zero-order valence-electron chi connectivity index (χ0n) is 11.9. The van der Waals surface area contributed by atoms with Crippen LogP contribution in [0.3, 0.4) is 0 Å². The number of benzene rings is 1. The Hall–Kier alpha value is -1.35. The predicted molar refractivity (Wildman–Crippen MR) is 78.2 cm³/mol.